The molecule has 2 amide bonds. The highest BCUT2D eigenvalue weighted by Gasteiger charge is 2.39. The number of ether oxygens (including phenoxy) is 2. The molecular formula is C18H18N2O4. The van der Waals surface area contributed by atoms with Crippen molar-refractivity contribution < 1.29 is 19.1 Å². The molecule has 0 aliphatic carbocycles. The van der Waals surface area contributed by atoms with E-state index in [1.165, 1.54) is 19.1 Å². The molecular weight excluding hydrogens is 308 g/mol. The molecule has 6 nitrogen and oxygen atoms in total. The van der Waals surface area contributed by atoms with Gasteiger partial charge >= 0.3 is 0 Å². The van der Waals surface area contributed by atoms with Gasteiger partial charge in [0.2, 0.25) is 5.91 Å². The third kappa shape index (κ3) is 2.46. The number of primary amides is 1. The molecule has 3 rings (SSSR count). The second kappa shape index (κ2) is 6.23. The van der Waals surface area contributed by atoms with Gasteiger partial charge in [-0.05, 0) is 23.8 Å². The maximum atomic E-state index is 13.2. The predicted octanol–water partition coefficient (Wildman–Crippen LogP) is 1.76. The molecule has 0 spiro atoms. The number of hydrogen-bond acceptors (Lipinski definition) is 4. The second-order valence-corrected chi connectivity index (χ2v) is 5.46. The largest absolute Gasteiger partial charge is 0.496 e. The minimum atomic E-state index is -0.732. The van der Waals surface area contributed by atoms with E-state index >= 15 is 0 Å². The van der Waals surface area contributed by atoms with E-state index in [2.05, 4.69) is 0 Å². The molecule has 0 fully saturated rings. The van der Waals surface area contributed by atoms with Crippen LogP contribution in [-0.2, 0) is 11.2 Å². The Balaban J connectivity index is 2.14. The Kier molecular flexibility index (Phi) is 4.12. The summed E-state index contributed by atoms with van der Waals surface area (Å²) >= 11 is 0. The van der Waals surface area contributed by atoms with Crippen LogP contribution in [0.3, 0.4) is 0 Å². The van der Waals surface area contributed by atoms with Crippen molar-refractivity contribution in [2.24, 2.45) is 5.73 Å². The predicted molar refractivity (Wildman–Crippen MR) is 89.5 cm³/mol. The Morgan fingerprint density at radius 1 is 1.04 bits per heavy atom. The zero-order chi connectivity index (χ0) is 17.3. The van der Waals surface area contributed by atoms with Crippen molar-refractivity contribution >= 4 is 17.5 Å². The van der Waals surface area contributed by atoms with Crippen LogP contribution in [0.5, 0.6) is 11.5 Å². The highest BCUT2D eigenvalue weighted by atomic mass is 16.5. The fourth-order valence-electron chi connectivity index (χ4n) is 3.05. The molecule has 0 radical (unpaired) electrons. The van der Waals surface area contributed by atoms with Crippen molar-refractivity contribution in [3.63, 3.8) is 0 Å². The Bertz CT molecular complexity index is 781. The summed E-state index contributed by atoms with van der Waals surface area (Å²) in [5.74, 6) is -0.162. The Labute approximate surface area is 139 Å². The average molecular weight is 326 g/mol. The van der Waals surface area contributed by atoms with E-state index in [0.717, 1.165) is 5.56 Å². The molecule has 2 aromatic carbocycles. The quantitative estimate of drug-likeness (QED) is 0.928. The number of nitrogens with zero attached hydrogens (tertiary/aromatic N) is 1. The van der Waals surface area contributed by atoms with Gasteiger partial charge in [0.25, 0.3) is 5.91 Å². The molecule has 24 heavy (non-hydrogen) atoms. The van der Waals surface area contributed by atoms with Crippen molar-refractivity contribution in [1.29, 1.82) is 0 Å². The number of hydrogen-bond donors (Lipinski definition) is 1. The lowest BCUT2D eigenvalue weighted by molar-refractivity contribution is -0.119. The van der Waals surface area contributed by atoms with Gasteiger partial charge < -0.3 is 15.2 Å². The number of amides is 2. The lowest BCUT2D eigenvalue weighted by atomic mass is 10.1. The van der Waals surface area contributed by atoms with Crippen LogP contribution in [0.2, 0.25) is 0 Å². The average Bonchev–Trinajstić information content (AvgIpc) is 3.00. The van der Waals surface area contributed by atoms with Crippen LogP contribution in [0.4, 0.5) is 5.69 Å². The number of fused-ring (bicyclic) bond motifs is 1. The van der Waals surface area contributed by atoms with Gasteiger partial charge in [-0.1, -0.05) is 24.3 Å². The van der Waals surface area contributed by atoms with Gasteiger partial charge in [-0.15, -0.1) is 0 Å². The summed E-state index contributed by atoms with van der Waals surface area (Å²) in [4.78, 5) is 26.6. The monoisotopic (exact) mass is 326 g/mol. The van der Waals surface area contributed by atoms with E-state index < -0.39 is 11.9 Å². The maximum absolute atomic E-state index is 13.2. The molecule has 1 atom stereocenters. The summed E-state index contributed by atoms with van der Waals surface area (Å²) in [6, 6.07) is 11.7. The van der Waals surface area contributed by atoms with Gasteiger partial charge in [-0.3, -0.25) is 14.5 Å². The van der Waals surface area contributed by atoms with Crippen LogP contribution in [0, 0.1) is 0 Å². The first-order valence-electron chi connectivity index (χ1n) is 7.50. The molecule has 2 N–H and O–H groups in total. The van der Waals surface area contributed by atoms with Gasteiger partial charge in [-0.25, -0.2) is 0 Å². The summed E-state index contributed by atoms with van der Waals surface area (Å²) in [6.45, 7) is 0. The van der Waals surface area contributed by atoms with Gasteiger partial charge in [0.1, 0.15) is 23.1 Å². The molecule has 0 aromatic heterocycles. The third-order valence-electron chi connectivity index (χ3n) is 4.17. The van der Waals surface area contributed by atoms with Crippen LogP contribution in [0.25, 0.3) is 0 Å². The van der Waals surface area contributed by atoms with E-state index in [-0.39, 0.29) is 11.5 Å². The van der Waals surface area contributed by atoms with Crippen LogP contribution >= 0.6 is 0 Å². The summed E-state index contributed by atoms with van der Waals surface area (Å²) in [6.07, 6.45) is 0.398. The summed E-state index contributed by atoms with van der Waals surface area (Å²) in [5.41, 5.74) is 7.38. The molecule has 1 heterocycles. The minimum Gasteiger partial charge on any atom is -0.496 e. The van der Waals surface area contributed by atoms with Crippen molar-refractivity contribution in [3.05, 3.63) is 53.6 Å². The topological polar surface area (TPSA) is 81.9 Å². The molecule has 0 saturated carbocycles. The highest BCUT2D eigenvalue weighted by Crippen LogP contribution is 2.37. The van der Waals surface area contributed by atoms with E-state index in [4.69, 9.17) is 15.2 Å². The maximum Gasteiger partial charge on any atom is 0.266 e. The normalized spacial score (nSPS) is 15.8. The number of para-hydroxylation sites is 1. The number of methoxy groups -OCH3 is 2. The first-order valence-corrected chi connectivity index (χ1v) is 7.50. The zero-order valence-corrected chi connectivity index (χ0v) is 13.5. The van der Waals surface area contributed by atoms with Gasteiger partial charge in [0.15, 0.2) is 0 Å². The summed E-state index contributed by atoms with van der Waals surface area (Å²) < 4.78 is 10.6. The Hall–Kier alpha value is -3.02. The molecule has 0 unspecified atom stereocenters. The smallest absolute Gasteiger partial charge is 0.266 e. The molecule has 124 valence electrons. The standard InChI is InChI=1S/C18H18N2O4/c1-23-14-8-5-9-15(24-2)16(14)18(22)20-12-7-4-3-6-11(12)10-13(20)17(19)21/h3-9,13H,10H2,1-2H3,(H2,19,21)/t13-/m1/s1. The fourth-order valence-corrected chi connectivity index (χ4v) is 3.05. The van der Waals surface area contributed by atoms with Crippen molar-refractivity contribution in [3.8, 4) is 11.5 Å². The lowest BCUT2D eigenvalue weighted by Crippen LogP contribution is -2.46. The third-order valence-corrected chi connectivity index (χ3v) is 4.17. The van der Waals surface area contributed by atoms with Crippen molar-refractivity contribution in [1.82, 2.24) is 0 Å². The number of carbonyl (C=O) groups is 2. The first kappa shape index (κ1) is 15.9. The molecule has 0 saturated heterocycles. The number of nitrogens with two attached hydrogens (primary N) is 1. The Morgan fingerprint density at radius 3 is 2.25 bits per heavy atom. The van der Waals surface area contributed by atoms with Gasteiger partial charge in [0, 0.05) is 12.1 Å². The van der Waals surface area contributed by atoms with Crippen LogP contribution in [0.15, 0.2) is 42.5 Å². The number of benzene rings is 2. The van der Waals surface area contributed by atoms with Crippen molar-refractivity contribution in [2.75, 3.05) is 19.1 Å². The second-order valence-electron chi connectivity index (χ2n) is 5.46. The van der Waals surface area contributed by atoms with Crippen molar-refractivity contribution in [2.45, 2.75) is 12.5 Å². The van der Waals surface area contributed by atoms with E-state index in [0.29, 0.717) is 23.6 Å². The van der Waals surface area contributed by atoms with E-state index in [1.807, 2.05) is 18.2 Å². The van der Waals surface area contributed by atoms with Crippen LogP contribution in [-0.4, -0.2) is 32.1 Å². The van der Waals surface area contributed by atoms with Crippen LogP contribution < -0.4 is 20.1 Å². The van der Waals surface area contributed by atoms with E-state index in [9.17, 15) is 9.59 Å². The highest BCUT2D eigenvalue weighted by molar-refractivity contribution is 6.14. The zero-order valence-electron chi connectivity index (χ0n) is 13.5. The molecule has 0 bridgehead atoms. The molecule has 2 aromatic rings. The first-order chi connectivity index (χ1) is 11.6. The lowest BCUT2D eigenvalue weighted by Gasteiger charge is -2.25. The van der Waals surface area contributed by atoms with Crippen LogP contribution in [0.1, 0.15) is 15.9 Å². The molecule has 1 aliphatic heterocycles. The molecule has 6 heteroatoms. The number of anilines is 1. The number of carbonyl (C=O) groups excluding carboxylic acids is 2. The summed E-state index contributed by atoms with van der Waals surface area (Å²) in [5, 5.41) is 0. The number of rotatable bonds is 4. The fraction of sp³-hybridized carbons (Fsp3) is 0.222. The van der Waals surface area contributed by atoms with Gasteiger partial charge in [0.05, 0.1) is 14.2 Å². The molecule has 1 aliphatic rings. The summed E-state index contributed by atoms with van der Waals surface area (Å²) in [7, 11) is 2.96. The Morgan fingerprint density at radius 2 is 1.67 bits per heavy atom. The SMILES string of the molecule is COc1cccc(OC)c1C(=O)N1c2ccccc2C[C@@H]1C(N)=O. The minimum absolute atomic E-state index is 0.269. The van der Waals surface area contributed by atoms with E-state index in [1.54, 1.807) is 24.3 Å². The van der Waals surface area contributed by atoms with Gasteiger partial charge in [-0.2, -0.15) is 0 Å².